The van der Waals surface area contributed by atoms with Gasteiger partial charge in [0.1, 0.15) is 12.2 Å². The Morgan fingerprint density at radius 1 is 1.00 bits per heavy atom. The van der Waals surface area contributed by atoms with Crippen molar-refractivity contribution in [3.8, 4) is 0 Å². The first-order chi connectivity index (χ1) is 15.5. The first-order valence-corrected chi connectivity index (χ1v) is 10.9. The average Bonchev–Trinajstić information content (AvgIpc) is 2.83. The Bertz CT molecular complexity index is 1250. The van der Waals surface area contributed by atoms with Crippen molar-refractivity contribution in [1.82, 2.24) is 4.48 Å². The summed E-state index contributed by atoms with van der Waals surface area (Å²) < 4.78 is 0.394. The molecule has 0 radical (unpaired) electrons. The lowest BCUT2D eigenvalue weighted by Crippen LogP contribution is -2.50. The minimum absolute atomic E-state index is 0.0120. The third-order valence-corrected chi connectivity index (χ3v) is 6.04. The fourth-order valence-corrected chi connectivity index (χ4v) is 4.28. The summed E-state index contributed by atoms with van der Waals surface area (Å²) in [5.74, 6) is -0.322. The van der Waals surface area contributed by atoms with Crippen LogP contribution >= 0.6 is 0 Å². The van der Waals surface area contributed by atoms with Crippen LogP contribution in [0.3, 0.4) is 0 Å². The highest BCUT2D eigenvalue weighted by Gasteiger charge is 2.38. The SMILES string of the molecule is CCC1=CC=C(C(=N)C(=O)C=CNc2ccccc2)[N+](C)(c2cccc3ccccc23)C1. The lowest BCUT2D eigenvalue weighted by molar-refractivity contribution is -0.109. The van der Waals surface area contributed by atoms with Gasteiger partial charge in [0.25, 0.3) is 0 Å². The molecule has 160 valence electrons. The Morgan fingerprint density at radius 2 is 1.72 bits per heavy atom. The Labute approximate surface area is 189 Å². The van der Waals surface area contributed by atoms with Gasteiger partial charge in [-0.3, -0.25) is 14.7 Å². The zero-order chi connectivity index (χ0) is 22.6. The number of nitrogens with zero attached hydrogens (tertiary/aromatic N) is 1. The molecule has 1 heterocycles. The number of allylic oxidation sites excluding steroid dienone is 4. The predicted molar refractivity (Wildman–Crippen MR) is 135 cm³/mol. The fourth-order valence-electron chi connectivity index (χ4n) is 4.28. The van der Waals surface area contributed by atoms with Gasteiger partial charge >= 0.3 is 0 Å². The number of anilines is 1. The van der Waals surface area contributed by atoms with E-state index in [-0.39, 0.29) is 11.5 Å². The number of quaternary nitrogens is 1. The number of likely N-dealkylation sites (N-methyl/N-ethyl adjacent to an activating group) is 1. The van der Waals surface area contributed by atoms with Crippen LogP contribution < -0.4 is 9.80 Å². The molecule has 1 aliphatic heterocycles. The summed E-state index contributed by atoms with van der Waals surface area (Å²) in [5, 5.41) is 14.2. The third-order valence-electron chi connectivity index (χ3n) is 6.04. The molecule has 0 bridgehead atoms. The van der Waals surface area contributed by atoms with E-state index in [1.165, 1.54) is 11.6 Å². The molecule has 1 unspecified atom stereocenters. The summed E-state index contributed by atoms with van der Waals surface area (Å²) >= 11 is 0. The molecule has 1 atom stereocenters. The third kappa shape index (κ3) is 4.18. The van der Waals surface area contributed by atoms with E-state index in [2.05, 4.69) is 55.7 Å². The number of benzene rings is 3. The van der Waals surface area contributed by atoms with Crippen LogP contribution in [0.1, 0.15) is 13.3 Å². The number of fused-ring (bicyclic) bond motifs is 1. The molecule has 0 saturated heterocycles. The Kier molecular flexibility index (Phi) is 6.15. The van der Waals surface area contributed by atoms with E-state index in [1.54, 1.807) is 6.20 Å². The number of para-hydroxylation sites is 1. The molecule has 0 saturated carbocycles. The summed E-state index contributed by atoms with van der Waals surface area (Å²) in [6.07, 6.45) is 7.98. The van der Waals surface area contributed by atoms with Crippen molar-refractivity contribution >= 4 is 33.6 Å². The summed E-state index contributed by atoms with van der Waals surface area (Å²) in [7, 11) is 2.10. The Morgan fingerprint density at radius 3 is 2.50 bits per heavy atom. The van der Waals surface area contributed by atoms with Crippen LogP contribution in [0.2, 0.25) is 0 Å². The monoisotopic (exact) mass is 422 g/mol. The van der Waals surface area contributed by atoms with E-state index in [1.807, 2.05) is 48.5 Å². The molecule has 4 nitrogen and oxygen atoms in total. The Balaban J connectivity index is 1.68. The number of carbonyl (C=O) groups is 1. The van der Waals surface area contributed by atoms with E-state index in [0.717, 1.165) is 35.1 Å². The minimum atomic E-state index is -0.322. The van der Waals surface area contributed by atoms with Crippen LogP contribution in [-0.2, 0) is 4.79 Å². The highest BCUT2D eigenvalue weighted by atomic mass is 16.1. The van der Waals surface area contributed by atoms with Crippen molar-refractivity contribution in [3.05, 3.63) is 108 Å². The number of nitrogens with one attached hydrogen (secondary N) is 2. The second kappa shape index (κ2) is 9.16. The average molecular weight is 423 g/mol. The maximum Gasteiger partial charge on any atom is 0.211 e. The van der Waals surface area contributed by atoms with E-state index < -0.39 is 0 Å². The van der Waals surface area contributed by atoms with Gasteiger partial charge in [-0.1, -0.05) is 61.5 Å². The van der Waals surface area contributed by atoms with Crippen molar-refractivity contribution in [1.29, 1.82) is 5.41 Å². The molecule has 0 aromatic heterocycles. The van der Waals surface area contributed by atoms with Gasteiger partial charge in [-0.25, -0.2) is 0 Å². The first kappa shape index (κ1) is 21.5. The predicted octanol–water partition coefficient (Wildman–Crippen LogP) is 6.23. The summed E-state index contributed by atoms with van der Waals surface area (Å²) in [6, 6.07) is 24.2. The van der Waals surface area contributed by atoms with Gasteiger partial charge in [-0.15, -0.1) is 0 Å². The molecule has 32 heavy (non-hydrogen) atoms. The molecular weight excluding hydrogens is 394 g/mol. The molecular formula is C28H28N3O+. The number of carbonyl (C=O) groups excluding carboxylic acids is 1. The van der Waals surface area contributed by atoms with Gasteiger partial charge < -0.3 is 5.32 Å². The molecule has 3 aromatic rings. The molecule has 0 spiro atoms. The molecule has 0 aliphatic carbocycles. The normalized spacial score (nSPS) is 18.3. The lowest BCUT2D eigenvalue weighted by Gasteiger charge is -2.38. The van der Waals surface area contributed by atoms with Crippen LogP contribution in [0.4, 0.5) is 11.4 Å². The number of hydrogen-bond acceptors (Lipinski definition) is 3. The quantitative estimate of drug-likeness (QED) is 0.270. The summed E-state index contributed by atoms with van der Waals surface area (Å²) in [5.41, 5.74) is 4.00. The minimum Gasteiger partial charge on any atom is -0.362 e. The van der Waals surface area contributed by atoms with E-state index in [4.69, 9.17) is 5.41 Å². The van der Waals surface area contributed by atoms with Crippen molar-refractivity contribution < 1.29 is 4.79 Å². The number of rotatable bonds is 7. The van der Waals surface area contributed by atoms with Crippen molar-refractivity contribution in [2.75, 3.05) is 18.9 Å². The van der Waals surface area contributed by atoms with E-state index in [9.17, 15) is 4.79 Å². The van der Waals surface area contributed by atoms with Crippen LogP contribution in [-0.4, -0.2) is 25.1 Å². The highest BCUT2D eigenvalue weighted by molar-refractivity contribution is 6.49. The fraction of sp³-hybridized carbons (Fsp3) is 0.143. The van der Waals surface area contributed by atoms with Gasteiger partial charge in [-0.05, 0) is 35.6 Å². The second-order valence-electron chi connectivity index (χ2n) is 8.16. The standard InChI is InChI=1S/C28H27N3O/c1-3-21-16-17-26(28(29)27(32)18-19-30-23-12-5-4-6-13-23)31(2,20-21)25-15-9-11-22-10-7-8-14-24(22)25/h4-19,29H,3,20H2,1-2H3/p+1. The molecule has 2 N–H and O–H groups in total. The smallest absolute Gasteiger partial charge is 0.211 e. The van der Waals surface area contributed by atoms with Crippen LogP contribution in [0.25, 0.3) is 10.8 Å². The topological polar surface area (TPSA) is 53.0 Å². The zero-order valence-electron chi connectivity index (χ0n) is 18.5. The molecule has 4 rings (SSSR count). The zero-order valence-corrected chi connectivity index (χ0v) is 18.5. The molecule has 3 aromatic carbocycles. The van der Waals surface area contributed by atoms with Crippen molar-refractivity contribution in [2.45, 2.75) is 13.3 Å². The summed E-state index contributed by atoms with van der Waals surface area (Å²) in [6.45, 7) is 2.88. The number of hydrogen-bond donors (Lipinski definition) is 2. The largest absolute Gasteiger partial charge is 0.362 e. The number of ketones is 1. The Hall–Kier alpha value is -3.76. The molecule has 1 aliphatic rings. The van der Waals surface area contributed by atoms with E-state index in [0.29, 0.717) is 10.2 Å². The second-order valence-corrected chi connectivity index (χ2v) is 8.16. The van der Waals surface area contributed by atoms with Crippen molar-refractivity contribution in [3.63, 3.8) is 0 Å². The molecule has 0 amide bonds. The first-order valence-electron chi connectivity index (χ1n) is 10.9. The molecule has 0 fully saturated rings. The maximum absolute atomic E-state index is 12.9. The van der Waals surface area contributed by atoms with Gasteiger partial charge in [0.2, 0.25) is 5.78 Å². The summed E-state index contributed by atoms with van der Waals surface area (Å²) in [4.78, 5) is 12.9. The van der Waals surface area contributed by atoms with Crippen LogP contribution in [0.5, 0.6) is 0 Å². The van der Waals surface area contributed by atoms with Gasteiger partial charge in [0.15, 0.2) is 11.4 Å². The van der Waals surface area contributed by atoms with Gasteiger partial charge in [0.05, 0.1) is 7.05 Å². The van der Waals surface area contributed by atoms with Crippen LogP contribution in [0, 0.1) is 5.41 Å². The van der Waals surface area contributed by atoms with Crippen molar-refractivity contribution in [2.24, 2.45) is 0 Å². The molecule has 4 heteroatoms. The van der Waals surface area contributed by atoms with Gasteiger partial charge in [-0.2, -0.15) is 0 Å². The lowest BCUT2D eigenvalue weighted by atomic mass is 9.97. The highest BCUT2D eigenvalue weighted by Crippen LogP contribution is 2.37. The van der Waals surface area contributed by atoms with Crippen LogP contribution in [0.15, 0.2) is 108 Å². The maximum atomic E-state index is 12.9. The van der Waals surface area contributed by atoms with Gasteiger partial charge in [0, 0.05) is 35.5 Å². The van der Waals surface area contributed by atoms with E-state index >= 15 is 0 Å².